The molecule has 9 nitrogen and oxygen atoms in total. The summed E-state index contributed by atoms with van der Waals surface area (Å²) in [7, 11) is 0. The van der Waals surface area contributed by atoms with Crippen LogP contribution in [-0.4, -0.2) is 49.5 Å². The number of H-pyrrole nitrogens is 1. The monoisotopic (exact) mass is 407 g/mol. The largest absolute Gasteiger partial charge is 0.446 e. The van der Waals surface area contributed by atoms with Crippen molar-refractivity contribution >= 4 is 29.1 Å². The molecule has 0 radical (unpaired) electrons. The third-order valence-corrected chi connectivity index (χ3v) is 6.21. The van der Waals surface area contributed by atoms with Crippen LogP contribution in [0.15, 0.2) is 35.7 Å². The lowest BCUT2D eigenvalue weighted by Crippen LogP contribution is -2.32. The molecule has 2 N–H and O–H groups in total. The van der Waals surface area contributed by atoms with E-state index < -0.39 is 0 Å². The van der Waals surface area contributed by atoms with E-state index in [1.54, 1.807) is 12.4 Å². The maximum Gasteiger partial charge on any atom is 0.407 e. The minimum absolute atomic E-state index is 0.126. The summed E-state index contributed by atoms with van der Waals surface area (Å²) >= 11 is 0. The smallest absolute Gasteiger partial charge is 0.407 e. The number of fused-ring (bicyclic) bond motifs is 3. The Kier molecular flexibility index (Phi) is 4.94. The van der Waals surface area contributed by atoms with E-state index in [0.717, 1.165) is 48.3 Å². The maximum absolute atomic E-state index is 12.3. The summed E-state index contributed by atoms with van der Waals surface area (Å²) in [5.74, 6) is 1.76. The first-order chi connectivity index (χ1) is 14.7. The van der Waals surface area contributed by atoms with Crippen molar-refractivity contribution in [3.63, 3.8) is 0 Å². The van der Waals surface area contributed by atoms with Crippen molar-refractivity contribution in [3.8, 4) is 0 Å². The number of ether oxygens (including phenoxy) is 1. The third kappa shape index (κ3) is 3.44. The van der Waals surface area contributed by atoms with E-state index in [0.29, 0.717) is 12.5 Å². The van der Waals surface area contributed by atoms with E-state index >= 15 is 0 Å². The zero-order valence-electron chi connectivity index (χ0n) is 16.9. The number of aromatic amines is 1. The van der Waals surface area contributed by atoms with E-state index in [1.807, 2.05) is 24.6 Å². The molecular formula is C21H25N7O2. The summed E-state index contributed by atoms with van der Waals surface area (Å²) in [5.41, 5.74) is 2.51. The molecule has 30 heavy (non-hydrogen) atoms. The fourth-order valence-corrected chi connectivity index (χ4v) is 4.64. The lowest BCUT2D eigenvalue weighted by atomic mass is 9.93. The Morgan fingerprint density at radius 1 is 1.37 bits per heavy atom. The Morgan fingerprint density at radius 2 is 2.30 bits per heavy atom. The van der Waals surface area contributed by atoms with Crippen LogP contribution in [0.25, 0.3) is 16.8 Å². The van der Waals surface area contributed by atoms with Gasteiger partial charge < -0.3 is 15.0 Å². The Labute approximate surface area is 173 Å². The number of hydrogen-bond donors (Lipinski definition) is 2. The van der Waals surface area contributed by atoms with Crippen LogP contribution in [0.3, 0.4) is 0 Å². The molecule has 4 atom stereocenters. The van der Waals surface area contributed by atoms with Crippen LogP contribution in [0, 0.1) is 11.8 Å². The van der Waals surface area contributed by atoms with Gasteiger partial charge in [-0.15, -0.1) is 10.2 Å². The zero-order chi connectivity index (χ0) is 20.5. The van der Waals surface area contributed by atoms with Gasteiger partial charge in [-0.2, -0.15) is 0 Å². The van der Waals surface area contributed by atoms with Gasteiger partial charge in [0.25, 0.3) is 0 Å². The number of rotatable bonds is 5. The molecule has 9 heteroatoms. The molecule has 1 unspecified atom stereocenters. The molecule has 0 aromatic carbocycles. The van der Waals surface area contributed by atoms with Crippen LogP contribution in [-0.2, 0) is 4.74 Å². The van der Waals surface area contributed by atoms with Gasteiger partial charge in [-0.3, -0.25) is 9.39 Å². The lowest BCUT2D eigenvalue weighted by molar-refractivity contribution is 0.0975. The van der Waals surface area contributed by atoms with Crippen molar-refractivity contribution in [2.45, 2.75) is 44.6 Å². The molecule has 4 heterocycles. The first kappa shape index (κ1) is 18.8. The highest BCUT2D eigenvalue weighted by Crippen LogP contribution is 2.42. The molecule has 1 amide bonds. The molecule has 2 aliphatic rings. The van der Waals surface area contributed by atoms with Gasteiger partial charge in [-0.1, -0.05) is 19.4 Å². The Morgan fingerprint density at radius 3 is 3.13 bits per heavy atom. The normalized spacial score (nSPS) is 25.9. The third-order valence-electron chi connectivity index (χ3n) is 6.21. The van der Waals surface area contributed by atoms with Gasteiger partial charge in [-0.05, 0) is 31.2 Å². The maximum atomic E-state index is 12.3. The summed E-state index contributed by atoms with van der Waals surface area (Å²) in [6.07, 6.45) is 12.2. The van der Waals surface area contributed by atoms with Crippen molar-refractivity contribution in [2.75, 3.05) is 6.54 Å². The number of nitrogens with one attached hydrogen (secondary N) is 2. The van der Waals surface area contributed by atoms with Crippen molar-refractivity contribution in [2.24, 2.45) is 16.8 Å². The van der Waals surface area contributed by atoms with Crippen LogP contribution in [0.1, 0.15) is 44.3 Å². The number of nitrogens with zero attached hydrogens (tertiary/aromatic N) is 5. The SMILES string of the molecule is CC[C@@H]1C[C@H](OC(=O)NCC2C=CN=CC2)C[C@@H]1c1nnc2cnc3[nH]ccc3n12. The summed E-state index contributed by atoms with van der Waals surface area (Å²) in [6.45, 7) is 2.73. The second-order valence-electron chi connectivity index (χ2n) is 8.04. The molecule has 3 aromatic rings. The van der Waals surface area contributed by atoms with Crippen LogP contribution >= 0.6 is 0 Å². The first-order valence-corrected chi connectivity index (χ1v) is 10.5. The topological polar surface area (TPSA) is 110 Å². The zero-order valence-corrected chi connectivity index (χ0v) is 16.9. The minimum Gasteiger partial charge on any atom is -0.446 e. The Hall–Kier alpha value is -3.23. The quantitative estimate of drug-likeness (QED) is 0.675. The summed E-state index contributed by atoms with van der Waals surface area (Å²) in [5, 5.41) is 11.7. The average Bonchev–Trinajstić information content (AvgIpc) is 3.49. The number of hydrogen-bond acceptors (Lipinski definition) is 6. The van der Waals surface area contributed by atoms with Crippen LogP contribution in [0.4, 0.5) is 4.79 Å². The van der Waals surface area contributed by atoms with Gasteiger partial charge in [0.15, 0.2) is 11.3 Å². The van der Waals surface area contributed by atoms with Crippen molar-refractivity contribution in [3.05, 3.63) is 36.6 Å². The predicted molar refractivity (Wildman–Crippen MR) is 112 cm³/mol. The fraction of sp³-hybridized carbons (Fsp3) is 0.476. The van der Waals surface area contributed by atoms with E-state index in [4.69, 9.17) is 4.74 Å². The van der Waals surface area contributed by atoms with Crippen molar-refractivity contribution in [1.82, 2.24) is 29.9 Å². The van der Waals surface area contributed by atoms with E-state index in [9.17, 15) is 4.79 Å². The van der Waals surface area contributed by atoms with E-state index in [-0.39, 0.29) is 24.0 Å². The fourth-order valence-electron chi connectivity index (χ4n) is 4.64. The average molecular weight is 407 g/mol. The van der Waals surface area contributed by atoms with Gasteiger partial charge >= 0.3 is 6.09 Å². The molecule has 0 spiro atoms. The van der Waals surface area contributed by atoms with Crippen molar-refractivity contribution < 1.29 is 9.53 Å². The molecule has 5 rings (SSSR count). The molecule has 1 aliphatic heterocycles. The predicted octanol–water partition coefficient (Wildman–Crippen LogP) is 3.21. The Bertz CT molecular complexity index is 1120. The molecule has 0 bridgehead atoms. The van der Waals surface area contributed by atoms with Crippen LogP contribution < -0.4 is 5.32 Å². The Balaban J connectivity index is 1.29. The van der Waals surface area contributed by atoms with E-state index in [2.05, 4.69) is 41.8 Å². The lowest BCUT2D eigenvalue weighted by Gasteiger charge is -2.16. The molecule has 156 valence electrons. The van der Waals surface area contributed by atoms with Gasteiger partial charge in [0, 0.05) is 37.0 Å². The molecular weight excluding hydrogens is 382 g/mol. The number of carbonyl (C=O) groups excluding carboxylic acids is 1. The summed E-state index contributed by atoms with van der Waals surface area (Å²) < 4.78 is 7.84. The van der Waals surface area contributed by atoms with Gasteiger partial charge in [0.05, 0.1) is 11.7 Å². The first-order valence-electron chi connectivity index (χ1n) is 10.5. The van der Waals surface area contributed by atoms with Crippen LogP contribution in [0.5, 0.6) is 0 Å². The van der Waals surface area contributed by atoms with E-state index in [1.165, 1.54) is 0 Å². The molecule has 0 saturated heterocycles. The molecule has 1 aliphatic carbocycles. The molecule has 1 fully saturated rings. The summed E-state index contributed by atoms with van der Waals surface area (Å²) in [4.78, 5) is 23.9. The van der Waals surface area contributed by atoms with Gasteiger partial charge in [-0.25, -0.2) is 9.78 Å². The highest BCUT2D eigenvalue weighted by Gasteiger charge is 2.39. The number of aliphatic imine (C=N–C) groups is 1. The summed E-state index contributed by atoms with van der Waals surface area (Å²) in [6, 6.07) is 1.99. The van der Waals surface area contributed by atoms with Crippen molar-refractivity contribution in [1.29, 1.82) is 0 Å². The second kappa shape index (κ2) is 7.89. The molecule has 3 aromatic heterocycles. The van der Waals surface area contributed by atoms with Gasteiger partial charge in [0.1, 0.15) is 11.9 Å². The highest BCUT2D eigenvalue weighted by molar-refractivity contribution is 5.74. The van der Waals surface area contributed by atoms with Crippen LogP contribution in [0.2, 0.25) is 0 Å². The number of amides is 1. The number of aromatic nitrogens is 5. The number of alkyl carbamates (subject to hydrolysis) is 1. The van der Waals surface area contributed by atoms with Gasteiger partial charge in [0.2, 0.25) is 0 Å². The highest BCUT2D eigenvalue weighted by atomic mass is 16.6. The standard InChI is InChI=1S/C21H25N7O2/c1-2-14-9-15(30-21(29)25-11-13-3-6-22-7-4-13)10-16(14)20-27-26-18-12-24-19-17(28(18)20)5-8-23-19/h3,5-8,12-16,23H,2,4,9-11H2,1H3,(H,25,29)/t13?,14-,15+,16+/m1/s1. The second-order valence-corrected chi connectivity index (χ2v) is 8.04. The minimum atomic E-state index is -0.352. The number of carbonyl (C=O) groups is 1. The molecule has 1 saturated carbocycles.